The van der Waals surface area contributed by atoms with Crippen LogP contribution in [0, 0.1) is 6.92 Å². The van der Waals surface area contributed by atoms with Crippen LogP contribution in [-0.2, 0) is 0 Å². The van der Waals surface area contributed by atoms with Gasteiger partial charge in [-0.2, -0.15) is 0 Å². The Morgan fingerprint density at radius 2 is 1.65 bits per heavy atom. The fourth-order valence-corrected chi connectivity index (χ4v) is 2.78. The van der Waals surface area contributed by atoms with Crippen molar-refractivity contribution in [1.82, 2.24) is 10.2 Å². The maximum atomic E-state index is 4.22. The van der Waals surface area contributed by atoms with Gasteiger partial charge >= 0.3 is 0 Å². The SMILES string of the molecule is Cc1ccc(Nc2nnc(-c3ccc(Br)cc3)s2)cc1. The van der Waals surface area contributed by atoms with Gasteiger partial charge in [-0.15, -0.1) is 10.2 Å². The third-order valence-electron chi connectivity index (χ3n) is 2.82. The molecule has 3 rings (SSSR count). The van der Waals surface area contributed by atoms with Gasteiger partial charge in [0.05, 0.1) is 0 Å². The van der Waals surface area contributed by atoms with Crippen molar-refractivity contribution in [3.8, 4) is 10.6 Å². The average Bonchev–Trinajstić information content (AvgIpc) is 2.91. The lowest BCUT2D eigenvalue weighted by Gasteiger charge is -2.01. The van der Waals surface area contributed by atoms with Crippen molar-refractivity contribution >= 4 is 38.1 Å². The maximum Gasteiger partial charge on any atom is 0.210 e. The summed E-state index contributed by atoms with van der Waals surface area (Å²) in [5.41, 5.74) is 3.33. The number of aryl methyl sites for hydroxylation is 1. The number of nitrogens with one attached hydrogen (secondary N) is 1. The van der Waals surface area contributed by atoms with E-state index in [1.807, 2.05) is 36.4 Å². The molecule has 3 nitrogen and oxygen atoms in total. The largest absolute Gasteiger partial charge is 0.330 e. The van der Waals surface area contributed by atoms with Crippen LogP contribution in [0.3, 0.4) is 0 Å². The van der Waals surface area contributed by atoms with Crippen LogP contribution in [0.15, 0.2) is 53.0 Å². The number of rotatable bonds is 3. The Hall–Kier alpha value is -1.72. The van der Waals surface area contributed by atoms with E-state index in [1.54, 1.807) is 11.3 Å². The highest BCUT2D eigenvalue weighted by Gasteiger charge is 2.06. The number of anilines is 2. The van der Waals surface area contributed by atoms with Crippen LogP contribution >= 0.6 is 27.3 Å². The minimum Gasteiger partial charge on any atom is -0.330 e. The van der Waals surface area contributed by atoms with Gasteiger partial charge < -0.3 is 5.32 Å². The fraction of sp³-hybridized carbons (Fsp3) is 0.0667. The molecule has 3 aromatic rings. The van der Waals surface area contributed by atoms with Gasteiger partial charge in [0.25, 0.3) is 0 Å². The average molecular weight is 346 g/mol. The zero-order valence-electron chi connectivity index (χ0n) is 10.8. The van der Waals surface area contributed by atoms with Crippen molar-refractivity contribution in [3.05, 3.63) is 58.6 Å². The summed E-state index contributed by atoms with van der Waals surface area (Å²) in [6, 6.07) is 16.3. The lowest BCUT2D eigenvalue weighted by atomic mass is 10.2. The summed E-state index contributed by atoms with van der Waals surface area (Å²) < 4.78 is 1.06. The van der Waals surface area contributed by atoms with Crippen LogP contribution < -0.4 is 5.32 Å². The normalized spacial score (nSPS) is 10.5. The molecule has 0 fully saturated rings. The molecular weight excluding hydrogens is 334 g/mol. The monoisotopic (exact) mass is 345 g/mol. The molecule has 1 aromatic heterocycles. The predicted molar refractivity (Wildman–Crippen MR) is 87.5 cm³/mol. The zero-order chi connectivity index (χ0) is 13.9. The van der Waals surface area contributed by atoms with Gasteiger partial charge in [0, 0.05) is 15.7 Å². The second-order valence-electron chi connectivity index (χ2n) is 4.41. The van der Waals surface area contributed by atoms with E-state index in [0.717, 1.165) is 25.9 Å². The summed E-state index contributed by atoms with van der Waals surface area (Å²) in [5.74, 6) is 0. The zero-order valence-corrected chi connectivity index (χ0v) is 13.2. The molecule has 0 aliphatic carbocycles. The first-order valence-electron chi connectivity index (χ1n) is 6.14. The molecule has 1 heterocycles. The van der Waals surface area contributed by atoms with Crippen molar-refractivity contribution in [2.45, 2.75) is 6.92 Å². The van der Waals surface area contributed by atoms with Crippen LogP contribution in [0.4, 0.5) is 10.8 Å². The topological polar surface area (TPSA) is 37.8 Å². The molecule has 0 spiro atoms. The third-order valence-corrected chi connectivity index (χ3v) is 4.24. The molecule has 0 saturated heterocycles. The van der Waals surface area contributed by atoms with Crippen molar-refractivity contribution in [3.63, 3.8) is 0 Å². The Morgan fingerprint density at radius 3 is 2.35 bits per heavy atom. The summed E-state index contributed by atoms with van der Waals surface area (Å²) in [5, 5.41) is 13.4. The summed E-state index contributed by atoms with van der Waals surface area (Å²) in [7, 11) is 0. The molecule has 1 N–H and O–H groups in total. The molecule has 2 aromatic carbocycles. The first kappa shape index (κ1) is 13.3. The molecule has 5 heteroatoms. The van der Waals surface area contributed by atoms with Gasteiger partial charge in [0.1, 0.15) is 5.01 Å². The van der Waals surface area contributed by atoms with E-state index < -0.39 is 0 Å². The van der Waals surface area contributed by atoms with Crippen LogP contribution in [0.5, 0.6) is 0 Å². The van der Waals surface area contributed by atoms with Crippen molar-refractivity contribution in [2.75, 3.05) is 5.32 Å². The van der Waals surface area contributed by atoms with E-state index in [2.05, 4.69) is 50.5 Å². The Bertz CT molecular complexity index is 705. The third kappa shape index (κ3) is 3.05. The fourth-order valence-electron chi connectivity index (χ4n) is 1.74. The van der Waals surface area contributed by atoms with Crippen molar-refractivity contribution in [1.29, 1.82) is 0 Å². The van der Waals surface area contributed by atoms with E-state index in [0.29, 0.717) is 0 Å². The molecule has 0 saturated carbocycles. The number of hydrogen-bond acceptors (Lipinski definition) is 4. The van der Waals surface area contributed by atoms with E-state index in [4.69, 9.17) is 0 Å². The summed E-state index contributed by atoms with van der Waals surface area (Å²) in [6.07, 6.45) is 0. The van der Waals surface area contributed by atoms with E-state index >= 15 is 0 Å². The number of halogens is 1. The van der Waals surface area contributed by atoms with Crippen LogP contribution in [0.2, 0.25) is 0 Å². The van der Waals surface area contributed by atoms with Crippen LogP contribution in [0.1, 0.15) is 5.56 Å². The summed E-state index contributed by atoms with van der Waals surface area (Å²) >= 11 is 4.97. The Kier molecular flexibility index (Phi) is 3.80. The predicted octanol–water partition coefficient (Wildman–Crippen LogP) is 5.02. The van der Waals surface area contributed by atoms with Crippen LogP contribution in [0.25, 0.3) is 10.6 Å². The Balaban J connectivity index is 1.80. The van der Waals surface area contributed by atoms with Gasteiger partial charge in [-0.1, -0.05) is 57.1 Å². The molecular formula is C15H12BrN3S. The number of benzene rings is 2. The number of nitrogens with zero attached hydrogens (tertiary/aromatic N) is 2. The van der Waals surface area contributed by atoms with Crippen molar-refractivity contribution in [2.24, 2.45) is 0 Å². The van der Waals surface area contributed by atoms with Gasteiger partial charge in [-0.3, -0.25) is 0 Å². The molecule has 0 atom stereocenters. The molecule has 0 bridgehead atoms. The first-order chi connectivity index (χ1) is 9.70. The highest BCUT2D eigenvalue weighted by molar-refractivity contribution is 9.10. The summed E-state index contributed by atoms with van der Waals surface area (Å²) in [4.78, 5) is 0. The standard InChI is InChI=1S/C15H12BrN3S/c1-10-2-8-13(9-3-10)17-15-19-18-14(20-15)11-4-6-12(16)7-5-11/h2-9H,1H3,(H,17,19). The van der Waals surface area contributed by atoms with Crippen molar-refractivity contribution < 1.29 is 0 Å². The van der Waals surface area contributed by atoms with Gasteiger partial charge in [-0.05, 0) is 31.2 Å². The lowest BCUT2D eigenvalue weighted by molar-refractivity contribution is 1.10. The van der Waals surface area contributed by atoms with Gasteiger partial charge in [-0.25, -0.2) is 0 Å². The van der Waals surface area contributed by atoms with Gasteiger partial charge in [0.15, 0.2) is 0 Å². The summed E-state index contributed by atoms with van der Waals surface area (Å²) in [6.45, 7) is 2.07. The first-order valence-corrected chi connectivity index (χ1v) is 7.75. The number of hydrogen-bond donors (Lipinski definition) is 1. The highest BCUT2D eigenvalue weighted by atomic mass is 79.9. The second kappa shape index (κ2) is 5.73. The molecule has 20 heavy (non-hydrogen) atoms. The highest BCUT2D eigenvalue weighted by Crippen LogP contribution is 2.29. The molecule has 0 radical (unpaired) electrons. The van der Waals surface area contributed by atoms with E-state index in [1.165, 1.54) is 5.56 Å². The maximum absolute atomic E-state index is 4.22. The quantitative estimate of drug-likeness (QED) is 0.724. The van der Waals surface area contributed by atoms with E-state index in [9.17, 15) is 0 Å². The number of aromatic nitrogens is 2. The Labute approximate surface area is 129 Å². The molecule has 0 amide bonds. The second-order valence-corrected chi connectivity index (χ2v) is 6.30. The lowest BCUT2D eigenvalue weighted by Crippen LogP contribution is -1.88. The molecule has 0 unspecified atom stereocenters. The molecule has 0 aliphatic rings. The minimum absolute atomic E-state index is 0.798. The van der Waals surface area contributed by atoms with Crippen LogP contribution in [-0.4, -0.2) is 10.2 Å². The van der Waals surface area contributed by atoms with E-state index in [-0.39, 0.29) is 0 Å². The molecule has 0 aliphatic heterocycles. The van der Waals surface area contributed by atoms with Gasteiger partial charge in [0.2, 0.25) is 5.13 Å². The minimum atomic E-state index is 0.798. The smallest absolute Gasteiger partial charge is 0.210 e. The Morgan fingerprint density at radius 1 is 0.950 bits per heavy atom. The molecule has 100 valence electrons.